The van der Waals surface area contributed by atoms with Crippen LogP contribution < -0.4 is 21.3 Å². The second-order valence-electron chi connectivity index (χ2n) is 19.3. The maximum absolute atomic E-state index is 14.2. The highest BCUT2D eigenvalue weighted by Crippen LogP contribution is 2.41. The van der Waals surface area contributed by atoms with Gasteiger partial charge in [0.25, 0.3) is 5.91 Å². The number of nitrogens with one attached hydrogen (secondary N) is 4. The highest BCUT2D eigenvalue weighted by Gasteiger charge is 2.41. The van der Waals surface area contributed by atoms with Crippen molar-refractivity contribution in [3.8, 4) is 10.7 Å². The quantitative estimate of drug-likeness (QED) is 0.0174. The van der Waals surface area contributed by atoms with Crippen molar-refractivity contribution in [2.24, 2.45) is 5.92 Å². The lowest BCUT2D eigenvalue weighted by molar-refractivity contribution is -0.151. The molecular formula is C54H67N8O10S3+. The number of amides is 4. The van der Waals surface area contributed by atoms with Crippen LogP contribution in [-0.4, -0.2) is 132 Å². The van der Waals surface area contributed by atoms with Crippen LogP contribution >= 0.6 is 22.7 Å². The van der Waals surface area contributed by atoms with E-state index in [0.29, 0.717) is 38.8 Å². The topological polar surface area (TPSA) is 256 Å². The largest absolute Gasteiger partial charge is 0.464 e. The van der Waals surface area contributed by atoms with Gasteiger partial charge in [0.15, 0.2) is 6.04 Å². The third-order valence-electron chi connectivity index (χ3n) is 12.1. The van der Waals surface area contributed by atoms with Gasteiger partial charge in [-0.1, -0.05) is 97.9 Å². The summed E-state index contributed by atoms with van der Waals surface area (Å²) in [5, 5.41) is 49.2. The van der Waals surface area contributed by atoms with Gasteiger partial charge in [-0.15, -0.1) is 22.7 Å². The first kappa shape index (κ1) is 57.8. The van der Waals surface area contributed by atoms with Gasteiger partial charge in [0.2, 0.25) is 11.8 Å². The maximum atomic E-state index is 14.2. The zero-order valence-electron chi connectivity index (χ0n) is 43.3. The standard InChI is InChI=1S/C54H66N8O10S3/c1-33(47(66)60-43(35(3)63)51(69)71-27-25-42-58-41(31-73-42)50-59-40(30-74-50)48(67)55-26-18-28-75(7)8)45(64)34(2)57-49(68)44(61-52(70)72-53(4,5)6)46(65)39-29-62(32-56-39)54(36-19-12-9-13-20-36,37-21-14-10-15-22-37)38-23-16-11-17-24-38/h9-17,19-24,29-35,43-46,63-65H,18,25-28H2,1-8H3,(H3-,55,57,60,61,66,67,68,70)/p+1/t33-,34+,35+,43-,44-,45-,46-/m0/s1. The van der Waals surface area contributed by atoms with Crippen LogP contribution in [0.25, 0.3) is 10.7 Å². The Hall–Kier alpha value is -6.49. The van der Waals surface area contributed by atoms with Gasteiger partial charge in [-0.2, -0.15) is 0 Å². The van der Waals surface area contributed by atoms with E-state index >= 15 is 0 Å². The molecule has 0 aliphatic carbocycles. The average Bonchev–Trinajstić information content (AvgIpc) is 4.19. The molecule has 3 aromatic heterocycles. The van der Waals surface area contributed by atoms with E-state index in [1.54, 1.807) is 44.1 Å². The van der Waals surface area contributed by atoms with Crippen molar-refractivity contribution in [1.82, 2.24) is 40.8 Å². The van der Waals surface area contributed by atoms with Gasteiger partial charge in [-0.25, -0.2) is 24.5 Å². The van der Waals surface area contributed by atoms with E-state index in [1.807, 2.05) is 95.6 Å². The minimum Gasteiger partial charge on any atom is -0.464 e. The fraction of sp³-hybridized carbons (Fsp3) is 0.407. The third-order valence-corrected chi connectivity index (χ3v) is 14.9. The number of benzene rings is 3. The van der Waals surface area contributed by atoms with Crippen molar-refractivity contribution >= 4 is 63.4 Å². The molecule has 6 aromatic rings. The van der Waals surface area contributed by atoms with Crippen LogP contribution in [0.1, 0.15) is 91.9 Å². The molecular weight excluding hydrogens is 1020 g/mol. The highest BCUT2D eigenvalue weighted by atomic mass is 32.2. The van der Waals surface area contributed by atoms with Crippen molar-refractivity contribution in [2.75, 3.05) is 31.4 Å². The van der Waals surface area contributed by atoms with Crippen molar-refractivity contribution in [1.29, 1.82) is 0 Å². The number of carbonyl (C=O) groups is 5. The van der Waals surface area contributed by atoms with Crippen LogP contribution in [0.2, 0.25) is 0 Å². The number of carbonyl (C=O) groups excluding carboxylic acids is 5. The van der Waals surface area contributed by atoms with Gasteiger partial charge in [0.05, 0.1) is 60.3 Å². The van der Waals surface area contributed by atoms with Crippen LogP contribution in [-0.2, 0) is 46.7 Å². The van der Waals surface area contributed by atoms with E-state index in [9.17, 15) is 39.3 Å². The number of nitrogens with zero attached hydrogens (tertiary/aromatic N) is 4. The Balaban J connectivity index is 1.11. The predicted molar refractivity (Wildman–Crippen MR) is 290 cm³/mol. The number of thiazole rings is 2. The molecule has 7 atom stereocenters. The lowest BCUT2D eigenvalue weighted by Gasteiger charge is -2.37. The van der Waals surface area contributed by atoms with Gasteiger partial charge < -0.3 is 50.6 Å². The Bertz CT molecular complexity index is 2720. The third kappa shape index (κ3) is 15.1. The van der Waals surface area contributed by atoms with Crippen molar-refractivity contribution in [3.05, 3.63) is 147 Å². The van der Waals surface area contributed by atoms with Gasteiger partial charge in [0, 0.05) is 36.3 Å². The number of rotatable bonds is 24. The van der Waals surface area contributed by atoms with E-state index in [0.717, 1.165) is 28.9 Å². The van der Waals surface area contributed by atoms with Crippen molar-refractivity contribution < 1.29 is 48.8 Å². The summed E-state index contributed by atoms with van der Waals surface area (Å²) in [6.45, 7) is 9.46. The van der Waals surface area contributed by atoms with Gasteiger partial charge in [-0.05, 0) is 62.2 Å². The number of esters is 1. The normalized spacial score (nSPS) is 14.6. The number of aliphatic hydroxyl groups is 3. The molecule has 0 saturated heterocycles. The average molecular weight is 1080 g/mol. The molecule has 7 N–H and O–H groups in total. The van der Waals surface area contributed by atoms with Crippen LogP contribution in [0.5, 0.6) is 0 Å². The Morgan fingerprint density at radius 3 is 1.92 bits per heavy atom. The highest BCUT2D eigenvalue weighted by molar-refractivity contribution is 7.95. The van der Waals surface area contributed by atoms with Crippen molar-refractivity contribution in [2.45, 2.75) is 102 Å². The SMILES string of the molecule is C[C@H](C(=O)N[C@H](C(=O)OCCc1nc(-c2nc(C(=O)NCCC[S+](C)C)cs2)cs1)[C@@H](C)O)[C@H](O)[C@@H](C)NC(=O)[C@@H](NC(=O)OC(C)(C)C)[C@@H](O)c1cn(C(c2ccccc2)(c2ccccc2)c2ccccc2)cn1. The van der Waals surface area contributed by atoms with Gasteiger partial charge in [0.1, 0.15) is 45.4 Å². The summed E-state index contributed by atoms with van der Waals surface area (Å²) in [5.41, 5.74) is 1.54. The Morgan fingerprint density at radius 1 is 0.760 bits per heavy atom. The fourth-order valence-electron chi connectivity index (χ4n) is 8.20. The van der Waals surface area contributed by atoms with Crippen LogP contribution in [0, 0.1) is 5.92 Å². The molecule has 18 nitrogen and oxygen atoms in total. The molecule has 0 spiro atoms. The smallest absolute Gasteiger partial charge is 0.408 e. The minimum absolute atomic E-state index is 0.0197. The number of hydrogen-bond donors (Lipinski definition) is 7. The summed E-state index contributed by atoms with van der Waals surface area (Å²) in [6, 6.07) is 24.8. The molecule has 21 heteroatoms. The molecule has 6 rings (SSSR count). The van der Waals surface area contributed by atoms with Gasteiger partial charge >= 0.3 is 12.1 Å². The first-order valence-corrected chi connectivity index (χ1v) is 28.4. The first-order chi connectivity index (χ1) is 35.7. The van der Waals surface area contributed by atoms with Gasteiger partial charge in [-0.3, -0.25) is 14.4 Å². The van der Waals surface area contributed by atoms with Crippen LogP contribution in [0.3, 0.4) is 0 Å². The summed E-state index contributed by atoms with van der Waals surface area (Å²) in [6.07, 6.45) is 2.81. The molecule has 0 aliphatic heterocycles. The molecule has 75 heavy (non-hydrogen) atoms. The molecule has 0 aliphatic rings. The van der Waals surface area contributed by atoms with Crippen LogP contribution in [0.4, 0.5) is 4.79 Å². The molecule has 3 aromatic carbocycles. The first-order valence-electron chi connectivity index (χ1n) is 24.4. The molecule has 0 fully saturated rings. The second kappa shape index (κ2) is 26.3. The zero-order valence-corrected chi connectivity index (χ0v) is 45.7. The predicted octanol–water partition coefficient (Wildman–Crippen LogP) is 5.38. The number of alkyl carbamates (subject to hydrolysis) is 1. The summed E-state index contributed by atoms with van der Waals surface area (Å²) in [5.74, 6) is -3.19. The molecule has 0 unspecified atom stereocenters. The Kier molecular flexibility index (Phi) is 20.3. The molecule has 0 saturated carbocycles. The summed E-state index contributed by atoms with van der Waals surface area (Å²) < 4.78 is 12.8. The van der Waals surface area contributed by atoms with Crippen LogP contribution in [0.15, 0.2) is 114 Å². The monoisotopic (exact) mass is 1080 g/mol. The van der Waals surface area contributed by atoms with E-state index in [4.69, 9.17) is 9.47 Å². The zero-order chi connectivity index (χ0) is 54.5. The number of aromatic nitrogens is 4. The van der Waals surface area contributed by atoms with E-state index < -0.39 is 77.4 Å². The number of hydrogen-bond acceptors (Lipinski definition) is 15. The van der Waals surface area contributed by atoms with E-state index in [1.165, 1.54) is 43.4 Å². The lowest BCUT2D eigenvalue weighted by Crippen LogP contribution is -2.57. The summed E-state index contributed by atoms with van der Waals surface area (Å²) in [4.78, 5) is 80.6. The maximum Gasteiger partial charge on any atom is 0.408 e. The molecule has 0 bridgehead atoms. The summed E-state index contributed by atoms with van der Waals surface area (Å²) >= 11 is 2.61. The molecule has 4 amide bonds. The Labute approximate surface area is 448 Å². The molecule has 3 heterocycles. The Morgan fingerprint density at radius 2 is 1.36 bits per heavy atom. The molecule has 0 radical (unpaired) electrons. The minimum atomic E-state index is -1.77. The number of imidazole rings is 1. The lowest BCUT2D eigenvalue weighted by atomic mass is 9.77. The van der Waals surface area contributed by atoms with E-state index in [2.05, 4.69) is 48.7 Å². The second-order valence-corrected chi connectivity index (χ2v) is 23.4. The van der Waals surface area contributed by atoms with Crippen molar-refractivity contribution in [3.63, 3.8) is 0 Å². The number of ether oxygens (including phenoxy) is 2. The summed E-state index contributed by atoms with van der Waals surface area (Å²) in [7, 11) is 0.302. The molecule has 400 valence electrons. The van der Waals surface area contributed by atoms with E-state index in [-0.39, 0.29) is 24.6 Å². The fourth-order valence-corrected chi connectivity index (χ4v) is 10.5. The number of aliphatic hydroxyl groups excluding tert-OH is 3.